The fourth-order valence-electron chi connectivity index (χ4n) is 2.27. The van der Waals surface area contributed by atoms with E-state index in [1.807, 2.05) is 0 Å². The lowest BCUT2D eigenvalue weighted by molar-refractivity contribution is -0.137. The molecule has 1 aromatic carbocycles. The maximum Gasteiger partial charge on any atom is 0.417 e. The molecule has 0 atom stereocenters. The number of nitrogens with one attached hydrogen (secondary N) is 1. The van der Waals surface area contributed by atoms with Crippen molar-refractivity contribution in [2.24, 2.45) is 10.9 Å². The van der Waals surface area contributed by atoms with Gasteiger partial charge in [0.25, 0.3) is 0 Å². The van der Waals surface area contributed by atoms with Crippen molar-refractivity contribution in [3.8, 4) is 0 Å². The Hall–Kier alpha value is -2.74. The van der Waals surface area contributed by atoms with Crippen molar-refractivity contribution in [3.05, 3.63) is 59.1 Å². The number of carbonyl (C=O) groups excluding carboxylic acids is 1. The molecular weight excluding hydrogens is 375 g/mol. The van der Waals surface area contributed by atoms with Gasteiger partial charge in [0.05, 0.1) is 16.1 Å². The number of alkyl halides is 3. The van der Waals surface area contributed by atoms with E-state index in [1.54, 1.807) is 13.8 Å². The molecule has 1 aromatic heterocycles. The van der Waals surface area contributed by atoms with E-state index in [2.05, 4.69) is 28.6 Å². The molecule has 1 heterocycles. The van der Waals surface area contributed by atoms with Gasteiger partial charge in [-0.1, -0.05) is 56.0 Å². The van der Waals surface area contributed by atoms with Gasteiger partial charge in [0, 0.05) is 23.3 Å². The molecule has 0 saturated heterocycles. The molecule has 0 aliphatic heterocycles. The SMILES string of the molecule is C=C/C(=C(\N=C)c1ccccc1C(F)(F)F)c1cnc(NC(=O)C(C)C)s1. The van der Waals surface area contributed by atoms with Gasteiger partial charge in [0.15, 0.2) is 5.13 Å². The second kappa shape index (κ2) is 8.30. The molecule has 0 radical (unpaired) electrons. The highest BCUT2D eigenvalue weighted by atomic mass is 32.1. The number of aliphatic imine (C=N–C) groups is 1. The predicted octanol–water partition coefficient (Wildman–Crippen LogP) is 5.51. The number of allylic oxidation sites excluding steroid dienone is 2. The van der Waals surface area contributed by atoms with Gasteiger partial charge in [0.2, 0.25) is 5.91 Å². The Kier molecular flexibility index (Phi) is 6.32. The first-order valence-electron chi connectivity index (χ1n) is 7.96. The molecule has 0 saturated carbocycles. The number of nitrogens with zero attached hydrogens (tertiary/aromatic N) is 2. The van der Waals surface area contributed by atoms with E-state index >= 15 is 0 Å². The molecule has 0 aliphatic rings. The summed E-state index contributed by atoms with van der Waals surface area (Å²) in [6, 6.07) is 5.13. The number of hydrogen-bond donors (Lipinski definition) is 1. The number of amides is 1. The second-order valence-corrected chi connectivity index (χ2v) is 6.87. The lowest BCUT2D eigenvalue weighted by Crippen LogP contribution is -2.17. The van der Waals surface area contributed by atoms with E-state index in [-0.39, 0.29) is 23.1 Å². The fraction of sp³-hybridized carbons (Fsp3) is 0.211. The first kappa shape index (κ1) is 20.6. The summed E-state index contributed by atoms with van der Waals surface area (Å²) in [4.78, 5) is 20.3. The quantitative estimate of drug-likeness (QED) is 0.520. The van der Waals surface area contributed by atoms with Crippen LogP contribution in [0.25, 0.3) is 11.3 Å². The molecule has 0 fully saturated rings. The molecule has 1 amide bonds. The predicted molar refractivity (Wildman–Crippen MR) is 104 cm³/mol. The molecule has 4 nitrogen and oxygen atoms in total. The van der Waals surface area contributed by atoms with Crippen LogP contribution in [-0.4, -0.2) is 17.6 Å². The minimum absolute atomic E-state index is 0.0447. The molecule has 0 spiro atoms. The molecule has 0 unspecified atom stereocenters. The lowest BCUT2D eigenvalue weighted by atomic mass is 10.00. The van der Waals surface area contributed by atoms with E-state index in [0.29, 0.717) is 15.6 Å². The van der Waals surface area contributed by atoms with Crippen LogP contribution in [0.4, 0.5) is 18.3 Å². The van der Waals surface area contributed by atoms with Crippen LogP contribution in [0.2, 0.25) is 0 Å². The molecule has 2 aromatic rings. The zero-order valence-electron chi connectivity index (χ0n) is 14.8. The Bertz CT molecular complexity index is 898. The van der Waals surface area contributed by atoms with Crippen molar-refractivity contribution in [1.29, 1.82) is 0 Å². The maximum absolute atomic E-state index is 13.4. The van der Waals surface area contributed by atoms with Crippen LogP contribution in [0.1, 0.15) is 29.9 Å². The Morgan fingerprint density at radius 1 is 1.33 bits per heavy atom. The minimum atomic E-state index is -4.54. The summed E-state index contributed by atoms with van der Waals surface area (Å²) < 4.78 is 40.1. The van der Waals surface area contributed by atoms with E-state index < -0.39 is 11.7 Å². The lowest BCUT2D eigenvalue weighted by Gasteiger charge is -2.14. The van der Waals surface area contributed by atoms with Gasteiger partial charge in [-0.15, -0.1) is 0 Å². The fourth-order valence-corrected chi connectivity index (χ4v) is 3.13. The summed E-state index contributed by atoms with van der Waals surface area (Å²) in [6.45, 7) is 10.6. The van der Waals surface area contributed by atoms with Crippen LogP contribution in [0, 0.1) is 5.92 Å². The Labute approximate surface area is 159 Å². The average Bonchev–Trinajstić information content (AvgIpc) is 3.06. The summed E-state index contributed by atoms with van der Waals surface area (Å²) in [5.41, 5.74) is -0.520. The molecule has 142 valence electrons. The van der Waals surface area contributed by atoms with E-state index in [4.69, 9.17) is 0 Å². The summed E-state index contributed by atoms with van der Waals surface area (Å²) in [5.74, 6) is -0.430. The van der Waals surface area contributed by atoms with E-state index in [9.17, 15) is 18.0 Å². The highest BCUT2D eigenvalue weighted by Crippen LogP contribution is 2.39. The van der Waals surface area contributed by atoms with Crippen LogP contribution in [0.5, 0.6) is 0 Å². The van der Waals surface area contributed by atoms with Gasteiger partial charge >= 0.3 is 6.18 Å². The number of aromatic nitrogens is 1. The molecule has 1 N–H and O–H groups in total. The van der Waals surface area contributed by atoms with Gasteiger partial charge in [-0.2, -0.15) is 13.2 Å². The Balaban J connectivity index is 2.55. The van der Waals surface area contributed by atoms with Gasteiger partial charge in [0.1, 0.15) is 0 Å². The average molecular weight is 393 g/mol. The standard InChI is InChI=1S/C19H18F3N3OS/c1-5-12(15-10-24-18(27-15)25-17(26)11(2)3)16(23-4)13-8-6-7-9-14(13)19(20,21)22/h5-11H,1,4H2,2-3H3,(H,24,25,26)/b16-12+. The number of thiazole rings is 1. The third-order valence-corrected chi connectivity index (χ3v) is 4.58. The van der Waals surface area contributed by atoms with Crippen molar-refractivity contribution < 1.29 is 18.0 Å². The third-order valence-electron chi connectivity index (χ3n) is 3.63. The molecule has 0 bridgehead atoms. The summed E-state index contributed by atoms with van der Waals surface area (Å²) >= 11 is 1.12. The number of carbonyl (C=O) groups is 1. The number of anilines is 1. The zero-order valence-corrected chi connectivity index (χ0v) is 15.6. The van der Waals surface area contributed by atoms with Gasteiger partial charge in [-0.05, 0) is 12.8 Å². The van der Waals surface area contributed by atoms with Crippen LogP contribution in [0.15, 0.2) is 48.1 Å². The second-order valence-electron chi connectivity index (χ2n) is 5.84. The van der Waals surface area contributed by atoms with Crippen molar-refractivity contribution in [2.45, 2.75) is 20.0 Å². The van der Waals surface area contributed by atoms with Gasteiger partial charge in [-0.3, -0.25) is 9.79 Å². The number of hydrogen-bond acceptors (Lipinski definition) is 4. The van der Waals surface area contributed by atoms with Crippen molar-refractivity contribution in [1.82, 2.24) is 4.98 Å². The molecule has 2 rings (SSSR count). The summed E-state index contributed by atoms with van der Waals surface area (Å²) in [5, 5.41) is 3.00. The zero-order chi connectivity index (χ0) is 20.2. The number of halogens is 3. The monoisotopic (exact) mass is 393 g/mol. The van der Waals surface area contributed by atoms with Crippen molar-refractivity contribution in [2.75, 3.05) is 5.32 Å². The molecule has 8 heteroatoms. The van der Waals surface area contributed by atoms with Crippen LogP contribution in [0.3, 0.4) is 0 Å². The topological polar surface area (TPSA) is 54.4 Å². The largest absolute Gasteiger partial charge is 0.417 e. The summed E-state index contributed by atoms with van der Waals surface area (Å²) in [6.07, 6.45) is -1.68. The van der Waals surface area contributed by atoms with Gasteiger partial charge < -0.3 is 5.32 Å². The molecule has 27 heavy (non-hydrogen) atoms. The van der Waals surface area contributed by atoms with Crippen LogP contribution >= 0.6 is 11.3 Å². The number of rotatable bonds is 6. The van der Waals surface area contributed by atoms with Crippen molar-refractivity contribution >= 4 is 40.4 Å². The molecule has 0 aliphatic carbocycles. The first-order valence-corrected chi connectivity index (χ1v) is 8.77. The number of benzene rings is 1. The normalized spacial score (nSPS) is 12.5. The smallest absolute Gasteiger partial charge is 0.302 e. The molecular formula is C19H18F3N3OS. The minimum Gasteiger partial charge on any atom is -0.302 e. The Morgan fingerprint density at radius 2 is 2.00 bits per heavy atom. The van der Waals surface area contributed by atoms with Gasteiger partial charge in [-0.25, -0.2) is 4.98 Å². The first-order chi connectivity index (χ1) is 12.7. The Morgan fingerprint density at radius 3 is 2.56 bits per heavy atom. The van der Waals surface area contributed by atoms with Crippen molar-refractivity contribution in [3.63, 3.8) is 0 Å². The highest BCUT2D eigenvalue weighted by Gasteiger charge is 2.34. The van der Waals surface area contributed by atoms with E-state index in [1.165, 1.54) is 30.5 Å². The van der Waals surface area contributed by atoms with Crippen LogP contribution < -0.4 is 5.32 Å². The highest BCUT2D eigenvalue weighted by molar-refractivity contribution is 7.16. The van der Waals surface area contributed by atoms with Crippen LogP contribution in [-0.2, 0) is 11.0 Å². The third kappa shape index (κ3) is 4.71. The maximum atomic E-state index is 13.4. The summed E-state index contributed by atoms with van der Waals surface area (Å²) in [7, 11) is 0. The van der Waals surface area contributed by atoms with E-state index in [0.717, 1.165) is 17.4 Å².